The van der Waals surface area contributed by atoms with E-state index in [0.717, 1.165) is 11.4 Å². The molecule has 2 heterocycles. The Morgan fingerprint density at radius 1 is 1.33 bits per heavy atom. The van der Waals surface area contributed by atoms with Gasteiger partial charge in [0.2, 0.25) is 6.79 Å². The molecule has 0 saturated heterocycles. The van der Waals surface area contributed by atoms with Crippen LogP contribution in [0.3, 0.4) is 0 Å². The van der Waals surface area contributed by atoms with E-state index in [1.165, 1.54) is 0 Å². The standard InChI is InChI=1S/C9H11NO2/c1-6(2)7-3-4-8-9(10-7)12-5-11-8/h3-4,6H,5H2,1-2H3. The Bertz CT molecular complexity index is 297. The van der Waals surface area contributed by atoms with Crippen molar-refractivity contribution in [3.05, 3.63) is 17.8 Å². The van der Waals surface area contributed by atoms with Crippen molar-refractivity contribution in [3.8, 4) is 11.6 Å². The van der Waals surface area contributed by atoms with Gasteiger partial charge in [0, 0.05) is 5.69 Å². The lowest BCUT2D eigenvalue weighted by atomic mass is 10.1. The molecule has 0 spiro atoms. The fraction of sp³-hybridized carbons (Fsp3) is 0.444. The van der Waals surface area contributed by atoms with E-state index in [9.17, 15) is 0 Å². The summed E-state index contributed by atoms with van der Waals surface area (Å²) in [5.74, 6) is 1.81. The Hall–Kier alpha value is -1.25. The van der Waals surface area contributed by atoms with Crippen molar-refractivity contribution >= 4 is 0 Å². The van der Waals surface area contributed by atoms with Gasteiger partial charge in [-0.1, -0.05) is 13.8 Å². The van der Waals surface area contributed by atoms with Crippen LogP contribution >= 0.6 is 0 Å². The number of hydrogen-bond acceptors (Lipinski definition) is 3. The van der Waals surface area contributed by atoms with Crippen LogP contribution in [0.25, 0.3) is 0 Å². The summed E-state index contributed by atoms with van der Waals surface area (Å²) in [4.78, 5) is 4.31. The van der Waals surface area contributed by atoms with Crippen molar-refractivity contribution in [1.29, 1.82) is 0 Å². The van der Waals surface area contributed by atoms with Gasteiger partial charge < -0.3 is 9.47 Å². The maximum atomic E-state index is 5.16. The summed E-state index contributed by atoms with van der Waals surface area (Å²) in [5.41, 5.74) is 1.04. The van der Waals surface area contributed by atoms with Crippen LogP contribution in [0.2, 0.25) is 0 Å². The average molecular weight is 165 g/mol. The van der Waals surface area contributed by atoms with Gasteiger partial charge in [-0.25, -0.2) is 4.98 Å². The smallest absolute Gasteiger partial charge is 0.260 e. The summed E-state index contributed by atoms with van der Waals surface area (Å²) < 4.78 is 10.3. The number of nitrogens with zero attached hydrogens (tertiary/aromatic N) is 1. The zero-order valence-corrected chi connectivity index (χ0v) is 7.20. The minimum Gasteiger partial charge on any atom is -0.452 e. The normalized spacial score (nSPS) is 13.9. The molecule has 64 valence electrons. The minimum atomic E-state index is 0.296. The van der Waals surface area contributed by atoms with E-state index < -0.39 is 0 Å². The van der Waals surface area contributed by atoms with Gasteiger partial charge in [-0.3, -0.25) is 0 Å². The highest BCUT2D eigenvalue weighted by Crippen LogP contribution is 2.30. The van der Waals surface area contributed by atoms with Crippen LogP contribution in [0.15, 0.2) is 12.1 Å². The first-order chi connectivity index (χ1) is 5.77. The second-order valence-corrected chi connectivity index (χ2v) is 3.10. The number of hydrogen-bond donors (Lipinski definition) is 0. The summed E-state index contributed by atoms with van der Waals surface area (Å²) in [5, 5.41) is 0. The molecular weight excluding hydrogens is 154 g/mol. The molecule has 1 aromatic rings. The number of rotatable bonds is 1. The fourth-order valence-electron chi connectivity index (χ4n) is 1.13. The molecule has 0 bridgehead atoms. The Morgan fingerprint density at radius 2 is 2.17 bits per heavy atom. The van der Waals surface area contributed by atoms with Crippen molar-refractivity contribution in [2.45, 2.75) is 19.8 Å². The summed E-state index contributed by atoms with van der Waals surface area (Å²) in [6.07, 6.45) is 0. The molecule has 0 saturated carbocycles. The highest BCUT2D eigenvalue weighted by atomic mass is 16.7. The van der Waals surface area contributed by atoms with Crippen molar-refractivity contribution in [2.75, 3.05) is 6.79 Å². The van der Waals surface area contributed by atoms with Crippen LogP contribution in [0.5, 0.6) is 11.6 Å². The monoisotopic (exact) mass is 165 g/mol. The van der Waals surface area contributed by atoms with E-state index in [2.05, 4.69) is 18.8 Å². The molecule has 0 unspecified atom stereocenters. The second-order valence-electron chi connectivity index (χ2n) is 3.10. The second kappa shape index (κ2) is 2.66. The molecule has 12 heavy (non-hydrogen) atoms. The first kappa shape index (κ1) is 7.40. The minimum absolute atomic E-state index is 0.296. The first-order valence-electron chi connectivity index (χ1n) is 4.04. The lowest BCUT2D eigenvalue weighted by Gasteiger charge is -2.03. The van der Waals surface area contributed by atoms with Gasteiger partial charge in [-0.05, 0) is 18.1 Å². The van der Waals surface area contributed by atoms with Gasteiger partial charge in [0.15, 0.2) is 5.75 Å². The topological polar surface area (TPSA) is 31.4 Å². The van der Waals surface area contributed by atoms with E-state index in [0.29, 0.717) is 18.6 Å². The average Bonchev–Trinajstić information content (AvgIpc) is 2.49. The third-order valence-electron chi connectivity index (χ3n) is 1.85. The van der Waals surface area contributed by atoms with Gasteiger partial charge in [0.25, 0.3) is 5.88 Å². The molecule has 0 radical (unpaired) electrons. The van der Waals surface area contributed by atoms with Gasteiger partial charge in [0.05, 0.1) is 0 Å². The van der Waals surface area contributed by atoms with Gasteiger partial charge in [0.1, 0.15) is 0 Å². The highest BCUT2D eigenvalue weighted by Gasteiger charge is 2.15. The summed E-state index contributed by atoms with van der Waals surface area (Å²) in [7, 11) is 0. The molecule has 1 aliphatic rings. The molecule has 3 nitrogen and oxygen atoms in total. The van der Waals surface area contributed by atoms with E-state index in [-0.39, 0.29) is 0 Å². The Labute approximate surface area is 71.3 Å². The Kier molecular flexibility index (Phi) is 1.64. The predicted octanol–water partition coefficient (Wildman–Crippen LogP) is 1.93. The Morgan fingerprint density at radius 3 is 2.92 bits per heavy atom. The fourth-order valence-corrected chi connectivity index (χ4v) is 1.13. The molecule has 0 aromatic carbocycles. The highest BCUT2D eigenvalue weighted by molar-refractivity contribution is 5.37. The third-order valence-corrected chi connectivity index (χ3v) is 1.85. The van der Waals surface area contributed by atoms with Gasteiger partial charge in [-0.2, -0.15) is 0 Å². The summed E-state index contributed by atoms with van der Waals surface area (Å²) in [6.45, 7) is 4.50. The first-order valence-corrected chi connectivity index (χ1v) is 4.04. The van der Waals surface area contributed by atoms with E-state index >= 15 is 0 Å². The van der Waals surface area contributed by atoms with Crippen molar-refractivity contribution < 1.29 is 9.47 Å². The molecule has 0 N–H and O–H groups in total. The molecule has 1 aliphatic heterocycles. The lowest BCUT2D eigenvalue weighted by molar-refractivity contribution is 0.171. The van der Waals surface area contributed by atoms with Crippen LogP contribution in [-0.4, -0.2) is 11.8 Å². The largest absolute Gasteiger partial charge is 0.452 e. The van der Waals surface area contributed by atoms with Crippen molar-refractivity contribution in [3.63, 3.8) is 0 Å². The van der Waals surface area contributed by atoms with Gasteiger partial charge >= 0.3 is 0 Å². The maximum absolute atomic E-state index is 5.16. The van der Waals surface area contributed by atoms with Crippen LogP contribution in [0.4, 0.5) is 0 Å². The zero-order valence-electron chi connectivity index (χ0n) is 7.20. The van der Waals surface area contributed by atoms with Crippen LogP contribution < -0.4 is 9.47 Å². The predicted molar refractivity (Wildman–Crippen MR) is 44.4 cm³/mol. The molecule has 2 rings (SSSR count). The van der Waals surface area contributed by atoms with E-state index in [4.69, 9.17) is 9.47 Å². The lowest BCUT2D eigenvalue weighted by Crippen LogP contribution is -1.94. The SMILES string of the molecule is CC(C)c1ccc2c(n1)OCO2. The quantitative estimate of drug-likeness (QED) is 0.637. The Balaban J connectivity index is 2.39. The number of pyridine rings is 1. The van der Waals surface area contributed by atoms with E-state index in [1.54, 1.807) is 0 Å². The van der Waals surface area contributed by atoms with Gasteiger partial charge in [-0.15, -0.1) is 0 Å². The van der Waals surface area contributed by atoms with Crippen LogP contribution in [0.1, 0.15) is 25.5 Å². The van der Waals surface area contributed by atoms with Crippen LogP contribution in [-0.2, 0) is 0 Å². The zero-order chi connectivity index (χ0) is 8.55. The molecule has 1 aromatic heterocycles. The number of aromatic nitrogens is 1. The number of fused-ring (bicyclic) bond motifs is 1. The molecule has 0 fully saturated rings. The third kappa shape index (κ3) is 1.11. The molecule has 3 heteroatoms. The van der Waals surface area contributed by atoms with Crippen LogP contribution in [0, 0.1) is 0 Å². The summed E-state index contributed by atoms with van der Waals surface area (Å²) in [6, 6.07) is 3.88. The summed E-state index contributed by atoms with van der Waals surface area (Å²) >= 11 is 0. The maximum Gasteiger partial charge on any atom is 0.260 e. The number of ether oxygens (including phenoxy) is 2. The van der Waals surface area contributed by atoms with E-state index in [1.807, 2.05) is 12.1 Å². The molecule has 0 atom stereocenters. The molecule has 0 aliphatic carbocycles. The van der Waals surface area contributed by atoms with Crippen molar-refractivity contribution in [2.24, 2.45) is 0 Å². The molecule has 0 amide bonds. The molecular formula is C9H11NO2. The van der Waals surface area contributed by atoms with Crippen molar-refractivity contribution in [1.82, 2.24) is 4.98 Å².